The fourth-order valence-corrected chi connectivity index (χ4v) is 5.23. The lowest BCUT2D eigenvalue weighted by Crippen LogP contribution is -2.48. The Balaban J connectivity index is 1.27. The van der Waals surface area contributed by atoms with E-state index < -0.39 is 0 Å². The number of amides is 1. The molecule has 2 fully saturated rings. The van der Waals surface area contributed by atoms with Crippen LogP contribution in [0.5, 0.6) is 0 Å². The van der Waals surface area contributed by atoms with Gasteiger partial charge in [-0.15, -0.1) is 0 Å². The van der Waals surface area contributed by atoms with Gasteiger partial charge >= 0.3 is 0 Å². The number of nitrogens with one attached hydrogen (secondary N) is 2. The van der Waals surface area contributed by atoms with E-state index in [2.05, 4.69) is 37.6 Å². The van der Waals surface area contributed by atoms with Crippen LogP contribution in [-0.2, 0) is 0 Å². The third-order valence-electron chi connectivity index (χ3n) is 6.61. The van der Waals surface area contributed by atoms with Crippen molar-refractivity contribution < 1.29 is 4.79 Å². The van der Waals surface area contributed by atoms with Crippen LogP contribution in [0.1, 0.15) is 23.2 Å². The Morgan fingerprint density at radius 2 is 1.71 bits per heavy atom. The van der Waals surface area contributed by atoms with E-state index in [1.807, 2.05) is 12.1 Å². The molecule has 0 spiro atoms. The summed E-state index contributed by atoms with van der Waals surface area (Å²) in [5, 5.41) is 7.55. The number of aromatic nitrogens is 2. The van der Waals surface area contributed by atoms with Crippen molar-refractivity contribution in [2.75, 3.05) is 52.9 Å². The van der Waals surface area contributed by atoms with Crippen molar-refractivity contribution in [3.63, 3.8) is 0 Å². The molecule has 10 heteroatoms. The van der Waals surface area contributed by atoms with Gasteiger partial charge < -0.3 is 20.4 Å². The fourth-order valence-electron chi connectivity index (χ4n) is 4.63. The van der Waals surface area contributed by atoms with Gasteiger partial charge in [-0.2, -0.15) is 4.98 Å². The number of para-hydroxylation sites is 1. The van der Waals surface area contributed by atoms with Gasteiger partial charge in [0.05, 0.1) is 15.7 Å². The second kappa shape index (κ2) is 9.18. The first kappa shape index (κ1) is 22.4. The molecule has 2 aliphatic heterocycles. The van der Waals surface area contributed by atoms with Crippen molar-refractivity contribution in [2.24, 2.45) is 0 Å². The normalized spacial score (nSPS) is 18.0. The SMILES string of the molecule is O=C1c2cnc(Nc3ccc(N4CCNCC4)cc3)nc2N(C2CC2)CN1c1c(Cl)cccc1Cl. The first-order valence-corrected chi connectivity index (χ1v) is 12.6. The van der Waals surface area contributed by atoms with E-state index >= 15 is 0 Å². The van der Waals surface area contributed by atoms with Gasteiger partial charge in [-0.25, -0.2) is 4.98 Å². The number of halogens is 2. The molecule has 180 valence electrons. The maximum absolute atomic E-state index is 13.4. The van der Waals surface area contributed by atoms with Crippen molar-refractivity contribution in [3.8, 4) is 0 Å². The van der Waals surface area contributed by atoms with E-state index in [1.165, 1.54) is 5.69 Å². The Kier molecular flexibility index (Phi) is 5.88. The van der Waals surface area contributed by atoms with Gasteiger partial charge in [-0.05, 0) is 49.2 Å². The summed E-state index contributed by atoms with van der Waals surface area (Å²) in [4.78, 5) is 28.8. The van der Waals surface area contributed by atoms with Gasteiger partial charge in [0.25, 0.3) is 5.91 Å². The molecule has 1 saturated heterocycles. The highest BCUT2D eigenvalue weighted by molar-refractivity contribution is 6.40. The molecule has 0 atom stereocenters. The molecule has 2 aromatic carbocycles. The van der Waals surface area contributed by atoms with Gasteiger partial charge in [0.2, 0.25) is 5.95 Å². The molecule has 1 amide bonds. The second-order valence-electron chi connectivity index (χ2n) is 8.99. The lowest BCUT2D eigenvalue weighted by Gasteiger charge is -2.37. The van der Waals surface area contributed by atoms with E-state index in [-0.39, 0.29) is 5.91 Å². The van der Waals surface area contributed by atoms with Crippen LogP contribution in [0.4, 0.5) is 28.8 Å². The minimum absolute atomic E-state index is 0.209. The van der Waals surface area contributed by atoms with E-state index in [1.54, 1.807) is 29.3 Å². The zero-order valence-corrected chi connectivity index (χ0v) is 20.6. The fraction of sp³-hybridized carbons (Fsp3) is 0.320. The Bertz CT molecular complexity index is 1240. The maximum atomic E-state index is 13.4. The molecule has 35 heavy (non-hydrogen) atoms. The zero-order valence-electron chi connectivity index (χ0n) is 19.0. The van der Waals surface area contributed by atoms with Crippen molar-refractivity contribution >= 4 is 57.9 Å². The number of anilines is 5. The molecular weight excluding hydrogens is 485 g/mol. The van der Waals surface area contributed by atoms with E-state index in [0.29, 0.717) is 45.8 Å². The highest BCUT2D eigenvalue weighted by Gasteiger charge is 2.40. The number of carbonyl (C=O) groups is 1. The third kappa shape index (κ3) is 4.37. The summed E-state index contributed by atoms with van der Waals surface area (Å²) in [6, 6.07) is 13.9. The Morgan fingerprint density at radius 3 is 2.40 bits per heavy atom. The highest BCUT2D eigenvalue weighted by Crippen LogP contribution is 2.41. The predicted molar refractivity (Wildman–Crippen MR) is 140 cm³/mol. The summed E-state index contributed by atoms with van der Waals surface area (Å²) in [7, 11) is 0. The molecule has 1 aliphatic carbocycles. The van der Waals surface area contributed by atoms with Gasteiger partial charge in [-0.1, -0.05) is 29.3 Å². The number of rotatable bonds is 5. The van der Waals surface area contributed by atoms with Gasteiger partial charge in [0.1, 0.15) is 18.1 Å². The number of benzene rings is 2. The molecule has 1 saturated carbocycles. The standard InChI is InChI=1S/C25H25Cl2N7O/c26-20-2-1-3-21(27)22(20)34-15-33(18-8-9-18)23-19(24(34)35)14-29-25(31-23)30-16-4-6-17(7-5-16)32-12-10-28-11-13-32/h1-7,14,18,28H,8-13,15H2,(H,29,30,31). The van der Waals surface area contributed by atoms with Gasteiger partial charge in [-0.3, -0.25) is 9.69 Å². The summed E-state index contributed by atoms with van der Waals surface area (Å²) >= 11 is 12.9. The van der Waals surface area contributed by atoms with Crippen LogP contribution in [0, 0.1) is 0 Å². The summed E-state index contributed by atoms with van der Waals surface area (Å²) in [6.07, 6.45) is 3.70. The van der Waals surface area contributed by atoms with Crippen LogP contribution in [0.3, 0.4) is 0 Å². The average molecular weight is 510 g/mol. The predicted octanol–water partition coefficient (Wildman–Crippen LogP) is 4.52. The van der Waals surface area contributed by atoms with E-state index in [4.69, 9.17) is 28.2 Å². The van der Waals surface area contributed by atoms with Gasteiger partial charge in [0.15, 0.2) is 0 Å². The van der Waals surface area contributed by atoms with Crippen molar-refractivity contribution in [1.82, 2.24) is 15.3 Å². The Hall–Kier alpha value is -3.07. The smallest absolute Gasteiger partial charge is 0.265 e. The van der Waals surface area contributed by atoms with Crippen molar-refractivity contribution in [1.29, 1.82) is 0 Å². The van der Waals surface area contributed by atoms with E-state index in [9.17, 15) is 4.79 Å². The molecule has 6 rings (SSSR count). The Morgan fingerprint density at radius 1 is 1.00 bits per heavy atom. The molecule has 0 radical (unpaired) electrons. The topological polar surface area (TPSA) is 76.6 Å². The quantitative estimate of drug-likeness (QED) is 0.523. The number of piperazine rings is 1. The van der Waals surface area contributed by atoms with Crippen LogP contribution in [0.25, 0.3) is 0 Å². The highest BCUT2D eigenvalue weighted by atomic mass is 35.5. The molecule has 3 heterocycles. The molecule has 8 nitrogen and oxygen atoms in total. The number of fused-ring (bicyclic) bond motifs is 1. The number of nitrogens with zero attached hydrogens (tertiary/aromatic N) is 5. The Labute approximate surface area is 213 Å². The lowest BCUT2D eigenvalue weighted by molar-refractivity contribution is 0.0981. The monoisotopic (exact) mass is 509 g/mol. The molecule has 1 aromatic heterocycles. The molecule has 3 aromatic rings. The van der Waals surface area contributed by atoms with Crippen LogP contribution in [-0.4, -0.2) is 54.8 Å². The first-order valence-electron chi connectivity index (χ1n) is 11.8. The van der Waals surface area contributed by atoms with Crippen LogP contribution < -0.4 is 25.3 Å². The van der Waals surface area contributed by atoms with Crippen molar-refractivity contribution in [3.05, 3.63) is 64.3 Å². The second-order valence-corrected chi connectivity index (χ2v) is 9.80. The van der Waals surface area contributed by atoms with Gasteiger partial charge in [0, 0.05) is 49.8 Å². The maximum Gasteiger partial charge on any atom is 0.265 e. The minimum atomic E-state index is -0.209. The largest absolute Gasteiger partial charge is 0.369 e. The van der Waals surface area contributed by atoms with Crippen LogP contribution in [0.15, 0.2) is 48.7 Å². The molecule has 0 unspecified atom stereocenters. The summed E-state index contributed by atoms with van der Waals surface area (Å²) in [5.74, 6) is 0.895. The average Bonchev–Trinajstić information content (AvgIpc) is 3.72. The van der Waals surface area contributed by atoms with Crippen LogP contribution in [0.2, 0.25) is 10.0 Å². The minimum Gasteiger partial charge on any atom is -0.369 e. The number of hydrogen-bond donors (Lipinski definition) is 2. The summed E-state index contributed by atoms with van der Waals surface area (Å²) in [5.41, 5.74) is 3.06. The molecular formula is C25H25Cl2N7O. The summed E-state index contributed by atoms with van der Waals surface area (Å²) in [6.45, 7) is 4.35. The first-order chi connectivity index (χ1) is 17.1. The van der Waals surface area contributed by atoms with Crippen LogP contribution >= 0.6 is 23.2 Å². The zero-order chi connectivity index (χ0) is 23.9. The number of hydrogen-bond acceptors (Lipinski definition) is 7. The third-order valence-corrected chi connectivity index (χ3v) is 7.22. The molecule has 2 N–H and O–H groups in total. The molecule has 3 aliphatic rings. The number of carbonyl (C=O) groups excluding carboxylic acids is 1. The lowest BCUT2D eigenvalue weighted by atomic mass is 10.1. The molecule has 0 bridgehead atoms. The summed E-state index contributed by atoms with van der Waals surface area (Å²) < 4.78 is 0. The van der Waals surface area contributed by atoms with Crippen molar-refractivity contribution in [2.45, 2.75) is 18.9 Å². The van der Waals surface area contributed by atoms with E-state index in [0.717, 1.165) is 44.7 Å².